The summed E-state index contributed by atoms with van der Waals surface area (Å²) in [6, 6.07) is 10.4. The first-order valence-corrected chi connectivity index (χ1v) is 7.53. The molecule has 4 nitrogen and oxygen atoms in total. The van der Waals surface area contributed by atoms with E-state index in [1.165, 1.54) is 16.5 Å². The second-order valence-corrected chi connectivity index (χ2v) is 6.27. The van der Waals surface area contributed by atoms with Crippen molar-refractivity contribution >= 4 is 10.8 Å². The smallest absolute Gasteiger partial charge is 0.137 e. The van der Waals surface area contributed by atoms with E-state index in [4.69, 9.17) is 0 Å². The van der Waals surface area contributed by atoms with Crippen LogP contribution in [-0.4, -0.2) is 20.5 Å². The fourth-order valence-corrected chi connectivity index (χ4v) is 2.92. The Morgan fingerprint density at radius 1 is 1.05 bits per heavy atom. The SMILES string of the molecule is Cc1cc2ccc(C(O)(c3cn[nH]n3)C(C)C)cc2cc1C. The van der Waals surface area contributed by atoms with Crippen LogP contribution in [0.2, 0.25) is 0 Å². The standard InChI is InChI=1S/C18H21N3O/c1-11(2)18(22,17-10-19-21-20-17)16-6-5-14-7-12(3)13(4)8-15(14)9-16/h5-11,22H,1-4H3,(H,19,20,21). The third-order valence-electron chi connectivity index (χ3n) is 4.53. The van der Waals surface area contributed by atoms with Crippen molar-refractivity contribution in [2.45, 2.75) is 33.3 Å². The van der Waals surface area contributed by atoms with Gasteiger partial charge in [0.25, 0.3) is 0 Å². The summed E-state index contributed by atoms with van der Waals surface area (Å²) < 4.78 is 0. The van der Waals surface area contributed by atoms with Crippen LogP contribution in [-0.2, 0) is 5.60 Å². The minimum Gasteiger partial charge on any atom is -0.378 e. The van der Waals surface area contributed by atoms with Crippen molar-refractivity contribution in [1.29, 1.82) is 0 Å². The molecule has 2 aromatic carbocycles. The lowest BCUT2D eigenvalue weighted by Gasteiger charge is -2.31. The zero-order valence-corrected chi connectivity index (χ0v) is 13.4. The number of rotatable bonds is 3. The predicted octanol–water partition coefficient (Wildman–Crippen LogP) is 3.47. The molecule has 22 heavy (non-hydrogen) atoms. The number of nitrogens with one attached hydrogen (secondary N) is 1. The first kappa shape index (κ1) is 14.7. The predicted molar refractivity (Wildman–Crippen MR) is 87.6 cm³/mol. The molecular formula is C18H21N3O. The number of nitrogens with zero attached hydrogens (tertiary/aromatic N) is 2. The number of H-pyrrole nitrogens is 1. The van der Waals surface area contributed by atoms with Gasteiger partial charge in [-0.05, 0) is 53.3 Å². The molecule has 4 heteroatoms. The van der Waals surface area contributed by atoms with Crippen LogP contribution in [0.1, 0.15) is 36.2 Å². The van der Waals surface area contributed by atoms with Gasteiger partial charge in [0.1, 0.15) is 11.3 Å². The number of benzene rings is 2. The molecule has 0 bridgehead atoms. The summed E-state index contributed by atoms with van der Waals surface area (Å²) in [5.74, 6) is -0.0263. The fourth-order valence-electron chi connectivity index (χ4n) is 2.92. The number of aromatic nitrogens is 3. The van der Waals surface area contributed by atoms with Crippen LogP contribution in [0.5, 0.6) is 0 Å². The Labute approximate surface area is 130 Å². The number of aliphatic hydroxyl groups is 1. The Hall–Kier alpha value is -2.20. The quantitative estimate of drug-likeness (QED) is 0.777. The Bertz CT molecular complexity index is 809. The van der Waals surface area contributed by atoms with Gasteiger partial charge in [-0.1, -0.05) is 38.1 Å². The highest BCUT2D eigenvalue weighted by Gasteiger charge is 2.37. The van der Waals surface area contributed by atoms with Crippen molar-refractivity contribution in [3.05, 3.63) is 58.9 Å². The van der Waals surface area contributed by atoms with Crippen LogP contribution in [0.3, 0.4) is 0 Å². The van der Waals surface area contributed by atoms with E-state index in [2.05, 4.69) is 53.5 Å². The van der Waals surface area contributed by atoms with E-state index in [-0.39, 0.29) is 5.92 Å². The molecule has 3 aromatic rings. The molecule has 0 amide bonds. The minimum absolute atomic E-state index is 0.0263. The average molecular weight is 295 g/mol. The number of fused-ring (bicyclic) bond motifs is 1. The third-order valence-corrected chi connectivity index (χ3v) is 4.53. The number of hydrogen-bond acceptors (Lipinski definition) is 3. The van der Waals surface area contributed by atoms with Gasteiger partial charge in [-0.2, -0.15) is 15.4 Å². The lowest BCUT2D eigenvalue weighted by atomic mass is 9.80. The maximum absolute atomic E-state index is 11.3. The first-order chi connectivity index (χ1) is 10.4. The highest BCUT2D eigenvalue weighted by atomic mass is 16.3. The molecule has 0 saturated heterocycles. The molecule has 3 rings (SSSR count). The molecule has 0 aliphatic carbocycles. The summed E-state index contributed by atoms with van der Waals surface area (Å²) in [5.41, 5.74) is 2.76. The Morgan fingerprint density at radius 3 is 2.32 bits per heavy atom. The van der Waals surface area contributed by atoms with Crippen LogP contribution >= 0.6 is 0 Å². The van der Waals surface area contributed by atoms with Gasteiger partial charge >= 0.3 is 0 Å². The zero-order chi connectivity index (χ0) is 15.9. The number of aromatic amines is 1. The molecule has 0 fully saturated rings. The second-order valence-electron chi connectivity index (χ2n) is 6.27. The van der Waals surface area contributed by atoms with Gasteiger partial charge in [-0.15, -0.1) is 0 Å². The van der Waals surface area contributed by atoms with Gasteiger partial charge in [-0.3, -0.25) is 0 Å². The van der Waals surface area contributed by atoms with Crippen LogP contribution in [0.15, 0.2) is 36.5 Å². The Morgan fingerprint density at radius 2 is 1.73 bits per heavy atom. The highest BCUT2D eigenvalue weighted by Crippen LogP contribution is 2.36. The largest absolute Gasteiger partial charge is 0.378 e. The highest BCUT2D eigenvalue weighted by molar-refractivity contribution is 5.85. The van der Waals surface area contributed by atoms with Gasteiger partial charge in [-0.25, -0.2) is 0 Å². The molecule has 1 unspecified atom stereocenters. The molecule has 1 atom stereocenters. The van der Waals surface area contributed by atoms with Crippen molar-refractivity contribution in [3.8, 4) is 0 Å². The fraction of sp³-hybridized carbons (Fsp3) is 0.333. The van der Waals surface area contributed by atoms with Crippen LogP contribution < -0.4 is 0 Å². The summed E-state index contributed by atoms with van der Waals surface area (Å²) in [4.78, 5) is 0. The molecule has 1 heterocycles. The third kappa shape index (κ3) is 2.20. The van der Waals surface area contributed by atoms with E-state index in [0.29, 0.717) is 5.69 Å². The van der Waals surface area contributed by atoms with Gasteiger partial charge in [0.05, 0.1) is 6.20 Å². The van der Waals surface area contributed by atoms with Gasteiger partial charge in [0.15, 0.2) is 0 Å². The summed E-state index contributed by atoms with van der Waals surface area (Å²) in [7, 11) is 0. The lowest BCUT2D eigenvalue weighted by Crippen LogP contribution is -2.33. The topological polar surface area (TPSA) is 61.8 Å². The first-order valence-electron chi connectivity index (χ1n) is 7.53. The molecular weight excluding hydrogens is 274 g/mol. The zero-order valence-electron chi connectivity index (χ0n) is 13.4. The van der Waals surface area contributed by atoms with Gasteiger partial charge in [0.2, 0.25) is 0 Å². The molecule has 2 N–H and O–H groups in total. The van der Waals surface area contributed by atoms with Crippen molar-refractivity contribution in [2.24, 2.45) is 5.92 Å². The summed E-state index contributed by atoms with van der Waals surface area (Å²) in [6.07, 6.45) is 1.59. The maximum Gasteiger partial charge on any atom is 0.137 e. The van der Waals surface area contributed by atoms with Crippen LogP contribution in [0.4, 0.5) is 0 Å². The maximum atomic E-state index is 11.3. The van der Waals surface area contributed by atoms with Crippen molar-refractivity contribution in [2.75, 3.05) is 0 Å². The summed E-state index contributed by atoms with van der Waals surface area (Å²) in [6.45, 7) is 8.19. The van der Waals surface area contributed by atoms with Gasteiger partial charge < -0.3 is 5.11 Å². The Balaban J connectivity index is 2.21. The summed E-state index contributed by atoms with van der Waals surface area (Å²) in [5, 5.41) is 24.1. The average Bonchev–Trinajstić information content (AvgIpc) is 3.01. The number of hydrogen-bond donors (Lipinski definition) is 2. The molecule has 0 spiro atoms. The molecule has 114 valence electrons. The van der Waals surface area contributed by atoms with E-state index >= 15 is 0 Å². The van der Waals surface area contributed by atoms with E-state index in [1.54, 1.807) is 6.20 Å². The molecule has 0 aliphatic heterocycles. The van der Waals surface area contributed by atoms with Crippen LogP contribution in [0.25, 0.3) is 10.8 Å². The molecule has 0 radical (unpaired) electrons. The van der Waals surface area contributed by atoms with E-state index in [9.17, 15) is 5.11 Å². The van der Waals surface area contributed by atoms with Crippen molar-refractivity contribution < 1.29 is 5.11 Å². The normalized spacial score (nSPS) is 14.5. The van der Waals surface area contributed by atoms with E-state index in [1.807, 2.05) is 19.9 Å². The van der Waals surface area contributed by atoms with E-state index < -0.39 is 5.60 Å². The molecule has 0 aliphatic rings. The number of aryl methyl sites for hydroxylation is 2. The van der Waals surface area contributed by atoms with Crippen LogP contribution in [0, 0.1) is 19.8 Å². The van der Waals surface area contributed by atoms with E-state index in [0.717, 1.165) is 10.9 Å². The minimum atomic E-state index is -1.15. The van der Waals surface area contributed by atoms with Gasteiger partial charge in [0, 0.05) is 0 Å². The molecule has 0 saturated carbocycles. The molecule has 1 aromatic heterocycles. The van der Waals surface area contributed by atoms with Crippen molar-refractivity contribution in [1.82, 2.24) is 15.4 Å². The summed E-state index contributed by atoms with van der Waals surface area (Å²) >= 11 is 0. The van der Waals surface area contributed by atoms with Crippen molar-refractivity contribution in [3.63, 3.8) is 0 Å². The second kappa shape index (κ2) is 5.21. The monoisotopic (exact) mass is 295 g/mol. The lowest BCUT2D eigenvalue weighted by molar-refractivity contribution is 0.0276. The Kier molecular flexibility index (Phi) is 3.49.